The molecule has 1 aromatic carbocycles. The van der Waals surface area contributed by atoms with Gasteiger partial charge in [0.1, 0.15) is 5.82 Å². The van der Waals surface area contributed by atoms with E-state index in [1.165, 1.54) is 12.1 Å². The number of hydrogen-bond acceptors (Lipinski definition) is 5. The van der Waals surface area contributed by atoms with Crippen LogP contribution in [0.15, 0.2) is 40.6 Å². The van der Waals surface area contributed by atoms with Crippen LogP contribution >= 0.6 is 0 Å². The Morgan fingerprint density at radius 3 is 2.83 bits per heavy atom. The largest absolute Gasteiger partial charge is 0.334 e. The minimum absolute atomic E-state index is 0.0713. The molecular weight excluding hydrogens is 309 g/mol. The van der Waals surface area contributed by atoms with E-state index in [9.17, 15) is 9.18 Å². The molecule has 124 valence electrons. The predicted octanol–water partition coefficient (Wildman–Crippen LogP) is 3.31. The normalized spacial score (nSPS) is 14.2. The van der Waals surface area contributed by atoms with E-state index >= 15 is 0 Å². The van der Waals surface area contributed by atoms with Crippen LogP contribution in [0.2, 0.25) is 0 Å². The average Bonchev–Trinajstić information content (AvgIpc) is 2.59. The van der Waals surface area contributed by atoms with Gasteiger partial charge < -0.3 is 4.90 Å². The maximum atomic E-state index is 13.8. The number of nitrogens with zero attached hydrogens (tertiary/aromatic N) is 5. The van der Waals surface area contributed by atoms with Crippen LogP contribution in [0.1, 0.15) is 35.5 Å². The van der Waals surface area contributed by atoms with Gasteiger partial charge in [0.2, 0.25) is 0 Å². The van der Waals surface area contributed by atoms with Crippen molar-refractivity contribution in [2.24, 2.45) is 10.2 Å². The summed E-state index contributed by atoms with van der Waals surface area (Å²) in [6.07, 6.45) is 0.587. The lowest BCUT2D eigenvalue weighted by Gasteiger charge is -2.28. The van der Waals surface area contributed by atoms with Crippen LogP contribution in [0, 0.1) is 5.82 Å². The molecule has 1 aliphatic rings. The molecule has 0 radical (unpaired) electrons. The highest BCUT2D eigenvalue weighted by atomic mass is 19.1. The molecular formula is C17H18FN5O. The van der Waals surface area contributed by atoms with E-state index in [-0.39, 0.29) is 17.5 Å². The molecule has 0 N–H and O–H groups in total. The highest BCUT2D eigenvalue weighted by Gasteiger charge is 2.25. The fourth-order valence-electron chi connectivity index (χ4n) is 2.52. The molecule has 0 aliphatic carbocycles. The predicted molar refractivity (Wildman–Crippen MR) is 86.5 cm³/mol. The van der Waals surface area contributed by atoms with Gasteiger partial charge in [0, 0.05) is 19.5 Å². The number of azo groups is 1. The summed E-state index contributed by atoms with van der Waals surface area (Å²) in [5.74, 6) is -0.406. The molecule has 24 heavy (non-hydrogen) atoms. The Morgan fingerprint density at radius 1 is 1.29 bits per heavy atom. The number of rotatable bonds is 3. The van der Waals surface area contributed by atoms with Gasteiger partial charge in [0.25, 0.3) is 5.91 Å². The molecule has 0 atom stereocenters. The molecule has 0 saturated heterocycles. The Labute approximate surface area is 139 Å². The maximum absolute atomic E-state index is 13.8. The number of fused-ring (bicyclic) bond motifs is 1. The molecule has 0 fully saturated rings. The molecule has 2 heterocycles. The Balaban J connectivity index is 1.82. The fourth-order valence-corrected chi connectivity index (χ4v) is 2.52. The van der Waals surface area contributed by atoms with E-state index in [0.717, 1.165) is 11.3 Å². The first-order valence-corrected chi connectivity index (χ1v) is 7.84. The van der Waals surface area contributed by atoms with Crippen molar-refractivity contribution in [1.29, 1.82) is 0 Å². The highest BCUT2D eigenvalue weighted by molar-refractivity contribution is 5.94. The lowest BCUT2D eigenvalue weighted by atomic mass is 10.0. The zero-order chi connectivity index (χ0) is 17.1. The van der Waals surface area contributed by atoms with E-state index < -0.39 is 5.82 Å². The molecule has 1 aliphatic heterocycles. The monoisotopic (exact) mass is 327 g/mol. The Hall–Kier alpha value is -2.70. The maximum Gasteiger partial charge on any atom is 0.257 e. The summed E-state index contributed by atoms with van der Waals surface area (Å²) < 4.78 is 13.8. The van der Waals surface area contributed by atoms with Gasteiger partial charge in [-0.05, 0) is 37.6 Å². The zero-order valence-corrected chi connectivity index (χ0v) is 13.6. The standard InChI is InChI=1S/C17H18FN5O/c1-11(2)19-21-16-9-12-10-23(8-7-15(12)20-22-16)17(24)13-5-3-4-6-14(13)18/h3-6,9,11H,7-8,10H2,1-2H3. The summed E-state index contributed by atoms with van der Waals surface area (Å²) in [5.41, 5.74) is 1.80. The van der Waals surface area contributed by atoms with Gasteiger partial charge in [-0.1, -0.05) is 12.1 Å². The quantitative estimate of drug-likeness (QED) is 0.812. The second-order valence-corrected chi connectivity index (χ2v) is 5.94. The molecule has 7 heteroatoms. The Morgan fingerprint density at radius 2 is 2.08 bits per heavy atom. The van der Waals surface area contributed by atoms with Crippen LogP contribution < -0.4 is 0 Å². The number of halogens is 1. The van der Waals surface area contributed by atoms with Crippen LogP contribution in [0.4, 0.5) is 10.2 Å². The summed E-state index contributed by atoms with van der Waals surface area (Å²) in [6, 6.07) is 7.88. The SMILES string of the molecule is CC(C)N=Nc1cc2c(nn1)CCN(C(=O)c1ccccc1F)C2. The average molecular weight is 327 g/mol. The zero-order valence-electron chi connectivity index (χ0n) is 13.6. The van der Waals surface area contributed by atoms with Gasteiger partial charge in [-0.3, -0.25) is 4.79 Å². The molecule has 0 saturated carbocycles. The smallest absolute Gasteiger partial charge is 0.257 e. The number of carbonyl (C=O) groups is 1. The van der Waals surface area contributed by atoms with Crippen LogP contribution in [0.3, 0.4) is 0 Å². The number of carbonyl (C=O) groups excluding carboxylic acids is 1. The summed E-state index contributed by atoms with van der Waals surface area (Å²) in [6.45, 7) is 4.69. The van der Waals surface area contributed by atoms with Crippen molar-refractivity contribution in [1.82, 2.24) is 15.1 Å². The van der Waals surface area contributed by atoms with Gasteiger partial charge in [0.15, 0.2) is 5.82 Å². The van der Waals surface area contributed by atoms with Crippen LogP contribution in [0.25, 0.3) is 0 Å². The van der Waals surface area contributed by atoms with Crippen molar-refractivity contribution < 1.29 is 9.18 Å². The molecule has 0 unspecified atom stereocenters. The fraction of sp³-hybridized carbons (Fsp3) is 0.353. The van der Waals surface area contributed by atoms with Gasteiger partial charge in [-0.25, -0.2) is 4.39 Å². The second-order valence-electron chi connectivity index (χ2n) is 5.94. The van der Waals surface area contributed by atoms with Crippen LogP contribution in [-0.2, 0) is 13.0 Å². The van der Waals surface area contributed by atoms with E-state index in [0.29, 0.717) is 25.3 Å². The van der Waals surface area contributed by atoms with E-state index in [4.69, 9.17) is 0 Å². The van der Waals surface area contributed by atoms with Crippen molar-refractivity contribution in [3.8, 4) is 0 Å². The van der Waals surface area contributed by atoms with Crippen molar-refractivity contribution in [2.75, 3.05) is 6.54 Å². The molecule has 0 spiro atoms. The van der Waals surface area contributed by atoms with Gasteiger partial charge >= 0.3 is 0 Å². The minimum Gasteiger partial charge on any atom is -0.334 e. The Kier molecular flexibility index (Phi) is 4.59. The van der Waals surface area contributed by atoms with Crippen molar-refractivity contribution in [2.45, 2.75) is 32.9 Å². The van der Waals surface area contributed by atoms with Crippen LogP contribution in [-0.4, -0.2) is 33.6 Å². The van der Waals surface area contributed by atoms with Crippen LogP contribution in [0.5, 0.6) is 0 Å². The summed E-state index contributed by atoms with van der Waals surface area (Å²) in [5, 5.41) is 16.3. The molecule has 1 amide bonds. The third-order valence-electron chi connectivity index (χ3n) is 3.71. The van der Waals surface area contributed by atoms with Crippen molar-refractivity contribution in [3.63, 3.8) is 0 Å². The van der Waals surface area contributed by atoms with E-state index in [1.807, 2.05) is 13.8 Å². The summed E-state index contributed by atoms with van der Waals surface area (Å²) in [4.78, 5) is 14.2. The first-order valence-electron chi connectivity index (χ1n) is 7.84. The first kappa shape index (κ1) is 16.2. The molecule has 2 aromatic rings. The third kappa shape index (κ3) is 3.45. The van der Waals surface area contributed by atoms with Crippen molar-refractivity contribution >= 4 is 11.7 Å². The summed E-state index contributed by atoms with van der Waals surface area (Å²) >= 11 is 0. The van der Waals surface area contributed by atoms with Gasteiger partial charge in [-0.2, -0.15) is 10.2 Å². The molecule has 1 aromatic heterocycles. The van der Waals surface area contributed by atoms with E-state index in [1.54, 1.807) is 23.1 Å². The highest BCUT2D eigenvalue weighted by Crippen LogP contribution is 2.22. The molecule has 0 bridgehead atoms. The molecule has 6 nitrogen and oxygen atoms in total. The number of benzene rings is 1. The first-order chi connectivity index (χ1) is 11.5. The van der Waals surface area contributed by atoms with Gasteiger partial charge in [0.05, 0.1) is 17.3 Å². The number of aromatic nitrogens is 2. The number of hydrogen-bond donors (Lipinski definition) is 0. The minimum atomic E-state index is -0.507. The third-order valence-corrected chi connectivity index (χ3v) is 3.71. The van der Waals surface area contributed by atoms with E-state index in [2.05, 4.69) is 20.4 Å². The Bertz CT molecular complexity index is 790. The summed E-state index contributed by atoms with van der Waals surface area (Å²) in [7, 11) is 0. The van der Waals surface area contributed by atoms with Gasteiger partial charge in [-0.15, -0.1) is 10.2 Å². The molecule has 3 rings (SSSR count). The second kappa shape index (κ2) is 6.82. The lowest BCUT2D eigenvalue weighted by Crippen LogP contribution is -2.36. The van der Waals surface area contributed by atoms with Crippen molar-refractivity contribution in [3.05, 3.63) is 53.0 Å². The number of amides is 1. The topological polar surface area (TPSA) is 70.8 Å². The lowest BCUT2D eigenvalue weighted by molar-refractivity contribution is 0.0728.